The van der Waals surface area contributed by atoms with Crippen LogP contribution in [-0.4, -0.2) is 15.0 Å². The van der Waals surface area contributed by atoms with Crippen LogP contribution in [0, 0.1) is 0 Å². The molecule has 0 aliphatic carbocycles. The van der Waals surface area contributed by atoms with Gasteiger partial charge in [-0.2, -0.15) is 0 Å². The minimum atomic E-state index is -0.146. The van der Waals surface area contributed by atoms with E-state index in [2.05, 4.69) is 30.7 Å². The first kappa shape index (κ1) is 13.5. The van der Waals surface area contributed by atoms with Crippen molar-refractivity contribution in [3.63, 3.8) is 0 Å². The molecule has 0 saturated heterocycles. The van der Waals surface area contributed by atoms with Crippen LogP contribution in [0.4, 0.5) is 5.82 Å². The van der Waals surface area contributed by atoms with Crippen molar-refractivity contribution in [3.8, 4) is 11.3 Å². The van der Waals surface area contributed by atoms with Crippen molar-refractivity contribution in [2.45, 2.75) is 26.2 Å². The van der Waals surface area contributed by atoms with Crippen LogP contribution in [0.2, 0.25) is 0 Å². The van der Waals surface area contributed by atoms with Crippen molar-refractivity contribution in [2.24, 2.45) is 0 Å². The Morgan fingerprint density at radius 3 is 2.57 bits per heavy atom. The first-order valence-corrected chi connectivity index (χ1v) is 6.94. The predicted molar refractivity (Wildman–Crippen MR) is 85.9 cm³/mol. The van der Waals surface area contributed by atoms with Gasteiger partial charge in [-0.15, -0.1) is 0 Å². The molecule has 0 fully saturated rings. The van der Waals surface area contributed by atoms with Gasteiger partial charge in [0.05, 0.1) is 11.2 Å². The summed E-state index contributed by atoms with van der Waals surface area (Å²) in [6.45, 7) is 6.24. The number of benzene rings is 1. The number of hydrogen-bond acceptors (Lipinski definition) is 4. The fraction of sp³-hybridized carbons (Fsp3) is 0.235. The van der Waals surface area contributed by atoms with Crippen molar-refractivity contribution in [2.75, 3.05) is 5.73 Å². The van der Waals surface area contributed by atoms with E-state index in [1.807, 2.05) is 36.4 Å². The van der Waals surface area contributed by atoms with E-state index in [1.54, 1.807) is 6.20 Å². The summed E-state index contributed by atoms with van der Waals surface area (Å²) < 4.78 is 0. The number of nitrogens with zero attached hydrogens (tertiary/aromatic N) is 3. The van der Waals surface area contributed by atoms with Crippen LogP contribution in [-0.2, 0) is 5.41 Å². The highest BCUT2D eigenvalue weighted by Gasteiger charge is 2.19. The third kappa shape index (κ3) is 2.57. The van der Waals surface area contributed by atoms with Crippen molar-refractivity contribution >= 4 is 16.7 Å². The largest absolute Gasteiger partial charge is 0.384 e. The second-order valence-corrected chi connectivity index (χ2v) is 6.13. The molecule has 4 nitrogen and oxygen atoms in total. The molecule has 0 atom stereocenters. The number of aromatic nitrogens is 3. The highest BCUT2D eigenvalue weighted by Crippen LogP contribution is 2.29. The number of nitrogen functional groups attached to an aromatic ring is 1. The van der Waals surface area contributed by atoms with Gasteiger partial charge in [0.15, 0.2) is 0 Å². The Morgan fingerprint density at radius 1 is 1.00 bits per heavy atom. The zero-order valence-corrected chi connectivity index (χ0v) is 12.5. The first-order chi connectivity index (χ1) is 9.95. The molecule has 0 amide bonds. The lowest BCUT2D eigenvalue weighted by Crippen LogP contribution is -2.17. The summed E-state index contributed by atoms with van der Waals surface area (Å²) in [4.78, 5) is 13.5. The summed E-state index contributed by atoms with van der Waals surface area (Å²) in [6.07, 6.45) is 1.79. The van der Waals surface area contributed by atoms with Gasteiger partial charge in [0.1, 0.15) is 11.6 Å². The molecule has 2 N–H and O–H groups in total. The van der Waals surface area contributed by atoms with Gasteiger partial charge in [-0.1, -0.05) is 39.0 Å². The first-order valence-electron chi connectivity index (χ1n) is 6.94. The van der Waals surface area contributed by atoms with Gasteiger partial charge in [0.2, 0.25) is 0 Å². The third-order valence-electron chi connectivity index (χ3n) is 3.34. The van der Waals surface area contributed by atoms with Crippen LogP contribution in [0.5, 0.6) is 0 Å². The van der Waals surface area contributed by atoms with Crippen LogP contribution in [0.15, 0.2) is 42.6 Å². The summed E-state index contributed by atoms with van der Waals surface area (Å²) in [5.74, 6) is 1.24. The van der Waals surface area contributed by atoms with E-state index < -0.39 is 0 Å². The van der Waals surface area contributed by atoms with E-state index in [0.29, 0.717) is 5.82 Å². The average molecular weight is 278 g/mol. The standard InChI is InChI=1S/C17H18N4/c1-17(2,3)16-20-14(10-15(18)21-16)12-6-4-8-13-11(12)7-5-9-19-13/h4-10H,1-3H3,(H2,18,20,21). The topological polar surface area (TPSA) is 64.7 Å². The number of fused-ring (bicyclic) bond motifs is 1. The summed E-state index contributed by atoms with van der Waals surface area (Å²) in [5, 5.41) is 1.07. The van der Waals surface area contributed by atoms with Crippen LogP contribution in [0.1, 0.15) is 26.6 Å². The lowest BCUT2D eigenvalue weighted by molar-refractivity contribution is 0.547. The summed E-state index contributed by atoms with van der Waals surface area (Å²) in [6, 6.07) is 11.8. The van der Waals surface area contributed by atoms with Crippen LogP contribution in [0.3, 0.4) is 0 Å². The van der Waals surface area contributed by atoms with Gasteiger partial charge < -0.3 is 5.73 Å². The molecule has 0 aliphatic heterocycles. The molecule has 0 unspecified atom stereocenters. The lowest BCUT2D eigenvalue weighted by Gasteiger charge is -2.18. The van der Waals surface area contributed by atoms with E-state index in [1.165, 1.54) is 0 Å². The smallest absolute Gasteiger partial charge is 0.136 e. The molecule has 0 aliphatic rings. The Labute approximate surface area is 124 Å². The Kier molecular flexibility index (Phi) is 3.09. The number of rotatable bonds is 1. The number of hydrogen-bond donors (Lipinski definition) is 1. The van der Waals surface area contributed by atoms with E-state index in [-0.39, 0.29) is 5.41 Å². The van der Waals surface area contributed by atoms with E-state index >= 15 is 0 Å². The number of pyridine rings is 1. The van der Waals surface area contributed by atoms with E-state index in [9.17, 15) is 0 Å². The fourth-order valence-electron chi connectivity index (χ4n) is 2.27. The monoisotopic (exact) mass is 278 g/mol. The SMILES string of the molecule is CC(C)(C)c1nc(N)cc(-c2cccc3ncccc23)n1. The molecule has 4 heteroatoms. The second kappa shape index (κ2) is 4.81. The van der Waals surface area contributed by atoms with E-state index in [0.717, 1.165) is 28.0 Å². The maximum atomic E-state index is 5.97. The van der Waals surface area contributed by atoms with Gasteiger partial charge >= 0.3 is 0 Å². The molecule has 0 spiro atoms. The maximum Gasteiger partial charge on any atom is 0.136 e. The van der Waals surface area contributed by atoms with Gasteiger partial charge in [-0.25, -0.2) is 9.97 Å². The quantitative estimate of drug-likeness (QED) is 0.739. The molecule has 21 heavy (non-hydrogen) atoms. The van der Waals surface area contributed by atoms with Gasteiger partial charge in [0, 0.05) is 28.6 Å². The Morgan fingerprint density at radius 2 is 1.81 bits per heavy atom. The van der Waals surface area contributed by atoms with Crippen molar-refractivity contribution in [1.29, 1.82) is 0 Å². The molecule has 1 aromatic carbocycles. The number of anilines is 1. The minimum Gasteiger partial charge on any atom is -0.384 e. The predicted octanol–water partition coefficient (Wildman–Crippen LogP) is 3.57. The Hall–Kier alpha value is -2.49. The Bertz CT molecular complexity index is 798. The molecule has 0 saturated carbocycles. The number of nitrogens with two attached hydrogens (primary N) is 1. The molecule has 0 bridgehead atoms. The molecular weight excluding hydrogens is 260 g/mol. The van der Waals surface area contributed by atoms with E-state index in [4.69, 9.17) is 10.7 Å². The minimum absolute atomic E-state index is 0.146. The third-order valence-corrected chi connectivity index (χ3v) is 3.34. The molecular formula is C17H18N4. The van der Waals surface area contributed by atoms with Gasteiger partial charge in [-0.3, -0.25) is 4.98 Å². The van der Waals surface area contributed by atoms with Gasteiger partial charge in [0.25, 0.3) is 0 Å². The lowest BCUT2D eigenvalue weighted by atomic mass is 9.95. The van der Waals surface area contributed by atoms with Crippen molar-refractivity contribution < 1.29 is 0 Å². The van der Waals surface area contributed by atoms with Crippen molar-refractivity contribution in [1.82, 2.24) is 15.0 Å². The highest BCUT2D eigenvalue weighted by molar-refractivity contribution is 5.93. The van der Waals surface area contributed by atoms with Crippen LogP contribution >= 0.6 is 0 Å². The van der Waals surface area contributed by atoms with Crippen LogP contribution < -0.4 is 5.73 Å². The molecule has 2 heterocycles. The molecule has 0 radical (unpaired) electrons. The maximum absolute atomic E-state index is 5.97. The zero-order valence-electron chi connectivity index (χ0n) is 12.5. The fourth-order valence-corrected chi connectivity index (χ4v) is 2.27. The average Bonchev–Trinajstić information content (AvgIpc) is 2.45. The molecule has 2 aromatic heterocycles. The summed E-state index contributed by atoms with van der Waals surface area (Å²) >= 11 is 0. The van der Waals surface area contributed by atoms with Gasteiger partial charge in [-0.05, 0) is 12.1 Å². The summed E-state index contributed by atoms with van der Waals surface area (Å²) in [7, 11) is 0. The normalized spacial score (nSPS) is 11.8. The molecule has 3 rings (SSSR count). The summed E-state index contributed by atoms with van der Waals surface area (Å²) in [5.41, 5.74) is 8.64. The van der Waals surface area contributed by atoms with Crippen molar-refractivity contribution in [3.05, 3.63) is 48.4 Å². The molecule has 3 aromatic rings. The zero-order chi connectivity index (χ0) is 15.0. The Balaban J connectivity index is 2.26. The highest BCUT2D eigenvalue weighted by atomic mass is 15.0. The van der Waals surface area contributed by atoms with Crippen LogP contribution in [0.25, 0.3) is 22.2 Å². The second-order valence-electron chi connectivity index (χ2n) is 6.13. The molecule has 106 valence electrons.